The molecule has 0 aliphatic heterocycles. The third-order valence-electron chi connectivity index (χ3n) is 4.68. The first-order chi connectivity index (χ1) is 8.46. The lowest BCUT2D eigenvalue weighted by Gasteiger charge is -2.18. The van der Waals surface area contributed by atoms with E-state index in [1.165, 1.54) is 0 Å². The van der Waals surface area contributed by atoms with Gasteiger partial charge in [-0.1, -0.05) is 48.5 Å². The van der Waals surface area contributed by atoms with Crippen LogP contribution in [0.3, 0.4) is 0 Å². The van der Waals surface area contributed by atoms with Crippen molar-refractivity contribution in [1.82, 2.24) is 9.97 Å². The maximum Gasteiger partial charge on any atom is 0.137 e. The van der Waals surface area contributed by atoms with Gasteiger partial charge in [0.05, 0.1) is 0 Å². The molecule has 1 N–H and O–H groups in total. The van der Waals surface area contributed by atoms with Gasteiger partial charge in [-0.2, -0.15) is 0 Å². The van der Waals surface area contributed by atoms with Crippen molar-refractivity contribution in [2.24, 2.45) is 10.8 Å². The molecule has 1 saturated carbocycles. The number of hydrogen-bond donors (Lipinski definition) is 1. The van der Waals surface area contributed by atoms with Crippen molar-refractivity contribution < 1.29 is 0 Å². The molecule has 0 atom stereocenters. The van der Waals surface area contributed by atoms with E-state index >= 15 is 0 Å². The normalized spacial score (nSPS) is 21.3. The van der Waals surface area contributed by atoms with Crippen molar-refractivity contribution in [1.29, 1.82) is 0 Å². The van der Waals surface area contributed by atoms with Crippen LogP contribution in [0.15, 0.2) is 10.7 Å². The molecule has 1 aliphatic carbocycles. The Balaban J connectivity index is 2.26. The Bertz CT molecular complexity index is 487. The molecule has 0 aromatic carbocycles. The lowest BCUT2D eigenvalue weighted by molar-refractivity contribution is 0.457. The highest BCUT2D eigenvalue weighted by atomic mass is 79.9. The Morgan fingerprint density at radius 1 is 1.11 bits per heavy atom. The van der Waals surface area contributed by atoms with Crippen LogP contribution in [0.4, 0.5) is 5.82 Å². The maximum absolute atomic E-state index is 4.66. The van der Waals surface area contributed by atoms with Crippen LogP contribution < -0.4 is 5.32 Å². The molecule has 1 heterocycles. The molecule has 0 saturated heterocycles. The number of halogens is 1. The number of rotatable bonds is 2. The van der Waals surface area contributed by atoms with E-state index in [1.807, 2.05) is 6.07 Å². The molecular weight excluding hydrogens is 302 g/mol. The Morgan fingerprint density at radius 2 is 1.63 bits per heavy atom. The number of hydrogen-bond acceptors (Lipinski definition) is 3. The molecule has 0 bridgehead atoms. The van der Waals surface area contributed by atoms with E-state index in [0.29, 0.717) is 16.9 Å². The van der Waals surface area contributed by atoms with Gasteiger partial charge in [0.15, 0.2) is 0 Å². The second-order valence-corrected chi connectivity index (χ2v) is 8.48. The second kappa shape index (κ2) is 4.18. The summed E-state index contributed by atoms with van der Waals surface area (Å²) in [5.74, 6) is 1.77. The van der Waals surface area contributed by atoms with E-state index in [-0.39, 0.29) is 5.41 Å². The van der Waals surface area contributed by atoms with Crippen LogP contribution in [0.1, 0.15) is 54.3 Å². The first-order valence-electron chi connectivity index (χ1n) is 6.78. The van der Waals surface area contributed by atoms with E-state index in [1.54, 1.807) is 0 Å². The highest BCUT2D eigenvalue weighted by Crippen LogP contribution is 2.63. The van der Waals surface area contributed by atoms with Crippen molar-refractivity contribution >= 4 is 21.7 Å². The number of anilines is 1. The predicted molar refractivity (Wildman–Crippen MR) is 83.4 cm³/mol. The highest BCUT2D eigenvalue weighted by molar-refractivity contribution is 9.10. The first-order valence-corrected chi connectivity index (χ1v) is 7.57. The molecule has 3 nitrogen and oxygen atoms in total. The summed E-state index contributed by atoms with van der Waals surface area (Å²) in [4.78, 5) is 9.13. The molecule has 1 aliphatic rings. The summed E-state index contributed by atoms with van der Waals surface area (Å²) < 4.78 is 0.839. The fraction of sp³-hybridized carbons (Fsp3) is 0.733. The minimum Gasteiger partial charge on any atom is -0.366 e. The average Bonchev–Trinajstić information content (AvgIpc) is 2.59. The minimum absolute atomic E-state index is 0.0468. The summed E-state index contributed by atoms with van der Waals surface area (Å²) in [6, 6.07) is 2.41. The van der Waals surface area contributed by atoms with Gasteiger partial charge >= 0.3 is 0 Å². The van der Waals surface area contributed by atoms with Crippen LogP contribution in [0, 0.1) is 10.8 Å². The van der Waals surface area contributed by atoms with Gasteiger partial charge in [0.2, 0.25) is 0 Å². The van der Waals surface area contributed by atoms with E-state index in [2.05, 4.69) is 79.7 Å². The summed E-state index contributed by atoms with van der Waals surface area (Å²) in [6.45, 7) is 15.6. The summed E-state index contributed by atoms with van der Waals surface area (Å²) in [5.41, 5.74) is 0.549. The van der Waals surface area contributed by atoms with Gasteiger partial charge in [0.1, 0.15) is 16.2 Å². The maximum atomic E-state index is 4.66. The lowest BCUT2D eigenvalue weighted by Crippen LogP contribution is -2.19. The molecule has 1 aromatic rings. The predicted octanol–water partition coefficient (Wildman–Crippen LogP) is 4.38. The smallest absolute Gasteiger partial charge is 0.137 e. The minimum atomic E-state index is -0.0468. The van der Waals surface area contributed by atoms with E-state index < -0.39 is 0 Å². The molecule has 4 heteroatoms. The molecule has 1 fully saturated rings. The average molecular weight is 326 g/mol. The molecule has 19 heavy (non-hydrogen) atoms. The van der Waals surface area contributed by atoms with E-state index in [4.69, 9.17) is 0 Å². The van der Waals surface area contributed by atoms with Gasteiger partial charge in [0.25, 0.3) is 0 Å². The van der Waals surface area contributed by atoms with E-state index in [9.17, 15) is 0 Å². The molecule has 0 unspecified atom stereocenters. The van der Waals surface area contributed by atoms with Crippen LogP contribution in [-0.4, -0.2) is 16.0 Å². The molecule has 2 rings (SSSR count). The van der Waals surface area contributed by atoms with Gasteiger partial charge in [-0.25, -0.2) is 9.97 Å². The zero-order chi connectivity index (χ0) is 14.6. The SMILES string of the molecule is CC(C)(C)c1nc(Br)cc(NC2C(C)(C)C2(C)C)n1. The number of aromatic nitrogens is 2. The quantitative estimate of drug-likeness (QED) is 0.820. The number of nitrogens with one attached hydrogen (secondary N) is 1. The second-order valence-electron chi connectivity index (χ2n) is 7.67. The Morgan fingerprint density at radius 3 is 2.05 bits per heavy atom. The van der Waals surface area contributed by atoms with Crippen LogP contribution in [-0.2, 0) is 5.41 Å². The summed E-state index contributed by atoms with van der Waals surface area (Å²) >= 11 is 3.48. The Hall–Kier alpha value is -0.640. The van der Waals surface area contributed by atoms with Crippen molar-refractivity contribution in [2.75, 3.05) is 5.32 Å². The van der Waals surface area contributed by atoms with Crippen molar-refractivity contribution in [2.45, 2.75) is 59.9 Å². The largest absolute Gasteiger partial charge is 0.366 e. The van der Waals surface area contributed by atoms with Crippen LogP contribution >= 0.6 is 15.9 Å². The van der Waals surface area contributed by atoms with Crippen LogP contribution in [0.2, 0.25) is 0 Å². The first kappa shape index (κ1) is 14.8. The molecule has 0 spiro atoms. The summed E-state index contributed by atoms with van der Waals surface area (Å²) in [5, 5.41) is 3.57. The van der Waals surface area contributed by atoms with Crippen molar-refractivity contribution in [3.05, 3.63) is 16.5 Å². The standard InChI is InChI=1S/C15H24BrN3/c1-13(2,3)12-17-9(16)8-10(19-12)18-11-14(4,5)15(11,6)7/h8,11H,1-7H3,(H,17,18,19). The lowest BCUT2D eigenvalue weighted by atomic mass is 9.96. The molecule has 106 valence electrons. The van der Waals surface area contributed by atoms with E-state index in [0.717, 1.165) is 16.2 Å². The van der Waals surface area contributed by atoms with Gasteiger partial charge in [-0.15, -0.1) is 0 Å². The topological polar surface area (TPSA) is 37.8 Å². The summed E-state index contributed by atoms with van der Waals surface area (Å²) in [6.07, 6.45) is 0. The zero-order valence-corrected chi connectivity index (χ0v) is 14.5. The number of nitrogens with zero attached hydrogens (tertiary/aromatic N) is 2. The van der Waals surface area contributed by atoms with Crippen LogP contribution in [0.5, 0.6) is 0 Å². The molecule has 0 amide bonds. The van der Waals surface area contributed by atoms with Gasteiger partial charge in [0, 0.05) is 17.5 Å². The third-order valence-corrected chi connectivity index (χ3v) is 5.08. The fourth-order valence-electron chi connectivity index (χ4n) is 2.53. The van der Waals surface area contributed by atoms with Gasteiger partial charge in [-0.3, -0.25) is 0 Å². The Kier molecular flexibility index (Phi) is 3.24. The fourth-order valence-corrected chi connectivity index (χ4v) is 2.92. The van der Waals surface area contributed by atoms with Crippen molar-refractivity contribution in [3.63, 3.8) is 0 Å². The highest BCUT2D eigenvalue weighted by Gasteiger charge is 2.65. The zero-order valence-electron chi connectivity index (χ0n) is 12.9. The summed E-state index contributed by atoms with van der Waals surface area (Å²) in [7, 11) is 0. The molecular formula is C15H24BrN3. The Labute approximate surface area is 124 Å². The van der Waals surface area contributed by atoms with Gasteiger partial charge < -0.3 is 5.32 Å². The van der Waals surface area contributed by atoms with Crippen molar-refractivity contribution in [3.8, 4) is 0 Å². The molecule has 0 radical (unpaired) electrons. The van der Waals surface area contributed by atoms with Gasteiger partial charge in [-0.05, 0) is 26.8 Å². The van der Waals surface area contributed by atoms with Crippen LogP contribution in [0.25, 0.3) is 0 Å². The molecule has 1 aromatic heterocycles. The monoisotopic (exact) mass is 325 g/mol. The third kappa shape index (κ3) is 2.51.